The molecule has 0 radical (unpaired) electrons. The van der Waals surface area contributed by atoms with Crippen molar-refractivity contribution in [3.8, 4) is 0 Å². The van der Waals surface area contributed by atoms with Crippen LogP contribution in [0.25, 0.3) is 0 Å². The lowest BCUT2D eigenvalue weighted by Gasteiger charge is -2.23. The lowest BCUT2D eigenvalue weighted by Crippen LogP contribution is -2.35. The van der Waals surface area contributed by atoms with Crippen LogP contribution in [0.3, 0.4) is 0 Å². The summed E-state index contributed by atoms with van der Waals surface area (Å²) in [6, 6.07) is 3.66. The Kier molecular flexibility index (Phi) is 5.88. The Balaban J connectivity index is 2.79. The van der Waals surface area contributed by atoms with Crippen LogP contribution in [0, 0.1) is 5.82 Å². The van der Waals surface area contributed by atoms with Gasteiger partial charge in [0.2, 0.25) is 0 Å². The highest BCUT2D eigenvalue weighted by atomic mass is 79.9. The third-order valence-electron chi connectivity index (χ3n) is 2.21. The summed E-state index contributed by atoms with van der Waals surface area (Å²) in [4.78, 5) is 1.16. The predicted molar refractivity (Wildman–Crippen MR) is 66.5 cm³/mol. The molecule has 7 heteroatoms. The number of hydrogen-bond acceptors (Lipinski definition) is 1. The van der Waals surface area contributed by atoms with Gasteiger partial charge in [0.15, 0.2) is 0 Å². The number of halogens is 6. The maximum atomic E-state index is 13.0. The van der Waals surface area contributed by atoms with Crippen LogP contribution < -0.4 is 0 Å². The first-order valence-corrected chi connectivity index (χ1v) is 6.61. The third-order valence-corrected chi connectivity index (χ3v) is 2.93. The van der Waals surface area contributed by atoms with E-state index in [1.54, 1.807) is 0 Å². The molecule has 0 saturated carbocycles. The van der Waals surface area contributed by atoms with E-state index in [0.29, 0.717) is 10.9 Å². The van der Waals surface area contributed by atoms with Gasteiger partial charge in [-0.25, -0.2) is 4.39 Å². The van der Waals surface area contributed by atoms with Gasteiger partial charge in [-0.05, 0) is 23.8 Å². The van der Waals surface area contributed by atoms with Gasteiger partial charge in [-0.3, -0.25) is 4.90 Å². The Morgan fingerprint density at radius 2 is 1.94 bits per heavy atom. The molecule has 0 bridgehead atoms. The SMILES string of the molecule is Fc1ccc(Cl)c(CN(CCBr)CC(F)(F)F)c1. The topological polar surface area (TPSA) is 3.24 Å². The molecule has 0 aliphatic heterocycles. The fourth-order valence-corrected chi connectivity index (χ4v) is 2.17. The Morgan fingerprint density at radius 1 is 1.28 bits per heavy atom. The fourth-order valence-electron chi connectivity index (χ4n) is 1.49. The first kappa shape index (κ1) is 15.7. The molecule has 0 amide bonds. The molecular formula is C11H11BrClF4N. The van der Waals surface area contributed by atoms with Crippen molar-refractivity contribution < 1.29 is 17.6 Å². The van der Waals surface area contributed by atoms with E-state index in [9.17, 15) is 17.6 Å². The first-order chi connectivity index (χ1) is 8.31. The highest BCUT2D eigenvalue weighted by Crippen LogP contribution is 2.22. The van der Waals surface area contributed by atoms with Crippen molar-refractivity contribution in [2.45, 2.75) is 12.7 Å². The second kappa shape index (κ2) is 6.73. The second-order valence-electron chi connectivity index (χ2n) is 3.75. The van der Waals surface area contributed by atoms with Crippen LogP contribution in [0.1, 0.15) is 5.56 Å². The summed E-state index contributed by atoms with van der Waals surface area (Å²) in [5.74, 6) is -0.514. The molecule has 1 rings (SSSR count). The van der Waals surface area contributed by atoms with Crippen molar-refractivity contribution in [3.63, 3.8) is 0 Å². The Morgan fingerprint density at radius 3 is 2.50 bits per heavy atom. The number of rotatable bonds is 5. The smallest absolute Gasteiger partial charge is 0.290 e. The average Bonchev–Trinajstić information content (AvgIpc) is 2.21. The summed E-state index contributed by atoms with van der Waals surface area (Å²) in [5, 5.41) is 0.661. The quantitative estimate of drug-likeness (QED) is 0.568. The number of benzene rings is 1. The number of alkyl halides is 4. The molecule has 0 aliphatic carbocycles. The molecule has 0 aromatic heterocycles. The molecule has 0 fully saturated rings. The van der Waals surface area contributed by atoms with Gasteiger partial charge in [0, 0.05) is 23.4 Å². The summed E-state index contributed by atoms with van der Waals surface area (Å²) < 4.78 is 50.1. The van der Waals surface area contributed by atoms with Gasteiger partial charge < -0.3 is 0 Å². The largest absolute Gasteiger partial charge is 0.401 e. The molecule has 1 aromatic rings. The van der Waals surface area contributed by atoms with Crippen LogP contribution in [0.2, 0.25) is 5.02 Å². The van der Waals surface area contributed by atoms with E-state index in [4.69, 9.17) is 11.6 Å². The second-order valence-corrected chi connectivity index (χ2v) is 4.95. The van der Waals surface area contributed by atoms with E-state index in [2.05, 4.69) is 15.9 Å². The standard InChI is InChI=1S/C11H11BrClF4N/c12-3-4-18(7-11(15,16)17)6-8-5-9(14)1-2-10(8)13/h1-2,5H,3-4,6-7H2. The lowest BCUT2D eigenvalue weighted by molar-refractivity contribution is -0.146. The van der Waals surface area contributed by atoms with Crippen LogP contribution >= 0.6 is 27.5 Å². The van der Waals surface area contributed by atoms with Gasteiger partial charge in [-0.15, -0.1) is 0 Å². The lowest BCUT2D eigenvalue weighted by atomic mass is 10.2. The maximum Gasteiger partial charge on any atom is 0.401 e. The van der Waals surface area contributed by atoms with Gasteiger partial charge in [-0.2, -0.15) is 13.2 Å². The zero-order valence-corrected chi connectivity index (χ0v) is 11.6. The number of hydrogen-bond donors (Lipinski definition) is 0. The Bertz CT molecular complexity index is 397. The molecule has 1 nitrogen and oxygen atoms in total. The van der Waals surface area contributed by atoms with E-state index in [1.807, 2.05) is 0 Å². The van der Waals surface area contributed by atoms with E-state index < -0.39 is 18.5 Å². The van der Waals surface area contributed by atoms with E-state index in [0.717, 1.165) is 11.0 Å². The molecule has 0 atom stereocenters. The average molecular weight is 349 g/mol. The van der Waals surface area contributed by atoms with Crippen LogP contribution in [0.5, 0.6) is 0 Å². The van der Waals surface area contributed by atoms with Crippen LogP contribution in [0.15, 0.2) is 18.2 Å². The van der Waals surface area contributed by atoms with E-state index >= 15 is 0 Å². The molecule has 0 heterocycles. The highest BCUT2D eigenvalue weighted by Gasteiger charge is 2.30. The van der Waals surface area contributed by atoms with Crippen molar-refractivity contribution in [1.82, 2.24) is 4.90 Å². The van der Waals surface area contributed by atoms with Gasteiger partial charge in [-0.1, -0.05) is 27.5 Å². The summed E-state index contributed by atoms with van der Waals surface area (Å²) in [6.45, 7) is -0.889. The molecule has 0 N–H and O–H groups in total. The zero-order valence-electron chi connectivity index (χ0n) is 9.28. The van der Waals surface area contributed by atoms with Gasteiger partial charge in [0.25, 0.3) is 0 Å². The highest BCUT2D eigenvalue weighted by molar-refractivity contribution is 9.09. The minimum Gasteiger partial charge on any atom is -0.290 e. The minimum absolute atomic E-state index is 0.0400. The maximum absolute atomic E-state index is 13.0. The summed E-state index contributed by atoms with van der Waals surface area (Å²) >= 11 is 8.91. The van der Waals surface area contributed by atoms with Gasteiger partial charge in [0.1, 0.15) is 5.82 Å². The predicted octanol–water partition coefficient (Wildman–Crippen LogP) is 4.24. The monoisotopic (exact) mass is 347 g/mol. The molecule has 0 spiro atoms. The van der Waals surface area contributed by atoms with Crippen molar-refractivity contribution in [2.75, 3.05) is 18.4 Å². The molecular weight excluding hydrogens is 337 g/mol. The van der Waals surface area contributed by atoms with Crippen molar-refractivity contribution in [2.24, 2.45) is 0 Å². The minimum atomic E-state index is -4.29. The molecule has 0 aliphatic rings. The summed E-state index contributed by atoms with van der Waals surface area (Å²) in [7, 11) is 0. The van der Waals surface area contributed by atoms with Gasteiger partial charge in [0.05, 0.1) is 6.54 Å². The fraction of sp³-hybridized carbons (Fsp3) is 0.455. The van der Waals surface area contributed by atoms with Crippen LogP contribution in [-0.4, -0.2) is 29.5 Å². The Hall–Kier alpha value is -0.330. The molecule has 102 valence electrons. The normalized spacial score (nSPS) is 12.2. The van der Waals surface area contributed by atoms with Crippen molar-refractivity contribution >= 4 is 27.5 Å². The van der Waals surface area contributed by atoms with Crippen LogP contribution in [-0.2, 0) is 6.54 Å². The molecule has 1 aromatic carbocycles. The molecule has 0 unspecified atom stereocenters. The van der Waals surface area contributed by atoms with E-state index in [-0.39, 0.29) is 18.1 Å². The zero-order chi connectivity index (χ0) is 13.8. The van der Waals surface area contributed by atoms with Crippen molar-refractivity contribution in [1.29, 1.82) is 0 Å². The Labute approximate surface area is 116 Å². The molecule has 0 saturated heterocycles. The number of nitrogens with zero attached hydrogens (tertiary/aromatic N) is 1. The van der Waals surface area contributed by atoms with Crippen molar-refractivity contribution in [3.05, 3.63) is 34.6 Å². The van der Waals surface area contributed by atoms with E-state index in [1.165, 1.54) is 12.1 Å². The summed E-state index contributed by atoms with van der Waals surface area (Å²) in [5.41, 5.74) is 0.349. The first-order valence-electron chi connectivity index (χ1n) is 5.11. The summed E-state index contributed by atoms with van der Waals surface area (Å²) in [6.07, 6.45) is -4.29. The van der Waals surface area contributed by atoms with Gasteiger partial charge >= 0.3 is 6.18 Å². The third kappa shape index (κ3) is 5.54. The molecule has 18 heavy (non-hydrogen) atoms. The van der Waals surface area contributed by atoms with Crippen LogP contribution in [0.4, 0.5) is 17.6 Å².